The smallest absolute Gasteiger partial charge is 0.0915 e. The van der Waals surface area contributed by atoms with Crippen molar-refractivity contribution >= 4 is 5.69 Å². The normalized spacial score (nSPS) is 28.2. The van der Waals surface area contributed by atoms with Crippen molar-refractivity contribution in [3.8, 4) is 0 Å². The summed E-state index contributed by atoms with van der Waals surface area (Å²) < 4.78 is 5.77. The van der Waals surface area contributed by atoms with Gasteiger partial charge in [0.15, 0.2) is 0 Å². The van der Waals surface area contributed by atoms with Gasteiger partial charge < -0.3 is 15.0 Å². The van der Waals surface area contributed by atoms with Gasteiger partial charge in [0.05, 0.1) is 30.6 Å². The van der Waals surface area contributed by atoms with E-state index in [1.54, 1.807) is 0 Å². The van der Waals surface area contributed by atoms with Gasteiger partial charge in [-0.25, -0.2) is 0 Å². The number of ether oxygens (including phenoxy) is 1. The Bertz CT molecular complexity index is 379. The molecule has 2 aliphatic rings. The van der Waals surface area contributed by atoms with Crippen molar-refractivity contribution in [1.29, 1.82) is 0 Å². The number of morpholine rings is 1. The minimum atomic E-state index is 0.342. The van der Waals surface area contributed by atoms with Gasteiger partial charge in [-0.15, -0.1) is 0 Å². The first-order chi connectivity index (χ1) is 8.38. The topological polar surface area (TPSA) is 37.4 Å². The van der Waals surface area contributed by atoms with Crippen LogP contribution in [0.1, 0.15) is 12.6 Å². The molecule has 2 saturated heterocycles. The average molecular weight is 233 g/mol. The summed E-state index contributed by atoms with van der Waals surface area (Å²) in [5.41, 5.74) is 2.38. The first-order valence-electron chi connectivity index (χ1n) is 6.42. The fourth-order valence-corrected chi connectivity index (χ4v) is 2.71. The molecule has 4 heteroatoms. The molecule has 0 aliphatic carbocycles. The van der Waals surface area contributed by atoms with Crippen LogP contribution in [0.4, 0.5) is 5.69 Å². The van der Waals surface area contributed by atoms with E-state index in [1.807, 2.05) is 6.20 Å². The van der Waals surface area contributed by atoms with E-state index in [9.17, 15) is 0 Å². The lowest BCUT2D eigenvalue weighted by atomic mass is 10.1. The molecule has 1 aromatic rings. The van der Waals surface area contributed by atoms with Crippen LogP contribution in [0.5, 0.6) is 0 Å². The van der Waals surface area contributed by atoms with Crippen molar-refractivity contribution in [3.63, 3.8) is 0 Å². The molecule has 0 bridgehead atoms. The van der Waals surface area contributed by atoms with Crippen LogP contribution in [0, 0.1) is 0 Å². The Hall–Kier alpha value is -1.13. The second-order valence-corrected chi connectivity index (χ2v) is 4.69. The SMILES string of the molecule is CCc1ccc(N2CCOC3CNCC32)cn1. The predicted octanol–water partition coefficient (Wildman–Crippen LogP) is 0.821. The second kappa shape index (κ2) is 4.63. The first-order valence-corrected chi connectivity index (χ1v) is 6.42. The zero-order valence-electron chi connectivity index (χ0n) is 10.2. The summed E-state index contributed by atoms with van der Waals surface area (Å²) in [7, 11) is 0. The number of aromatic nitrogens is 1. The minimum Gasteiger partial charge on any atom is -0.373 e. The Kier molecular flexibility index (Phi) is 2.99. The molecule has 2 unspecified atom stereocenters. The van der Waals surface area contributed by atoms with Gasteiger partial charge in [0.2, 0.25) is 0 Å². The van der Waals surface area contributed by atoms with E-state index in [2.05, 4.69) is 34.3 Å². The van der Waals surface area contributed by atoms with Crippen LogP contribution >= 0.6 is 0 Å². The Morgan fingerprint density at radius 2 is 2.41 bits per heavy atom. The van der Waals surface area contributed by atoms with E-state index >= 15 is 0 Å². The number of nitrogens with one attached hydrogen (secondary N) is 1. The monoisotopic (exact) mass is 233 g/mol. The van der Waals surface area contributed by atoms with Gasteiger partial charge >= 0.3 is 0 Å². The maximum Gasteiger partial charge on any atom is 0.0915 e. The number of fused-ring (bicyclic) bond motifs is 1. The van der Waals surface area contributed by atoms with Crippen LogP contribution in [0.2, 0.25) is 0 Å². The lowest BCUT2D eigenvalue weighted by Gasteiger charge is -2.38. The van der Waals surface area contributed by atoms with Crippen molar-refractivity contribution < 1.29 is 4.74 Å². The van der Waals surface area contributed by atoms with Crippen molar-refractivity contribution in [1.82, 2.24) is 10.3 Å². The third-order valence-electron chi connectivity index (χ3n) is 3.70. The molecule has 4 nitrogen and oxygen atoms in total. The van der Waals surface area contributed by atoms with Crippen LogP contribution in [0.3, 0.4) is 0 Å². The fourth-order valence-electron chi connectivity index (χ4n) is 2.71. The van der Waals surface area contributed by atoms with Crippen LogP contribution in [0.15, 0.2) is 18.3 Å². The van der Waals surface area contributed by atoms with Gasteiger partial charge in [0.1, 0.15) is 0 Å². The Balaban J connectivity index is 1.81. The number of aryl methyl sites for hydroxylation is 1. The summed E-state index contributed by atoms with van der Waals surface area (Å²) in [6.45, 7) is 5.91. The molecule has 0 saturated carbocycles. The number of nitrogens with zero attached hydrogens (tertiary/aromatic N) is 2. The Morgan fingerprint density at radius 3 is 3.18 bits per heavy atom. The van der Waals surface area contributed by atoms with E-state index in [-0.39, 0.29) is 0 Å². The summed E-state index contributed by atoms with van der Waals surface area (Å²) in [4.78, 5) is 6.91. The zero-order valence-corrected chi connectivity index (χ0v) is 10.2. The van der Waals surface area contributed by atoms with Gasteiger partial charge in [-0.3, -0.25) is 4.98 Å². The van der Waals surface area contributed by atoms with E-state index in [0.29, 0.717) is 12.1 Å². The van der Waals surface area contributed by atoms with Gasteiger partial charge in [-0.05, 0) is 18.6 Å². The minimum absolute atomic E-state index is 0.342. The molecule has 0 radical (unpaired) electrons. The van der Waals surface area contributed by atoms with Gasteiger partial charge in [0.25, 0.3) is 0 Å². The van der Waals surface area contributed by atoms with Gasteiger partial charge in [0, 0.05) is 25.3 Å². The highest BCUT2D eigenvalue weighted by Gasteiger charge is 2.36. The number of pyridine rings is 1. The molecule has 1 aromatic heterocycles. The highest BCUT2D eigenvalue weighted by atomic mass is 16.5. The van der Waals surface area contributed by atoms with Gasteiger partial charge in [-0.1, -0.05) is 6.92 Å². The first kappa shape index (κ1) is 11.0. The largest absolute Gasteiger partial charge is 0.373 e. The molecule has 17 heavy (non-hydrogen) atoms. The van der Waals surface area contributed by atoms with Gasteiger partial charge in [-0.2, -0.15) is 0 Å². The summed E-state index contributed by atoms with van der Waals surface area (Å²) in [6, 6.07) is 4.78. The lowest BCUT2D eigenvalue weighted by Crippen LogP contribution is -2.51. The molecule has 2 fully saturated rings. The van der Waals surface area contributed by atoms with Crippen LogP contribution in [-0.2, 0) is 11.2 Å². The molecule has 0 amide bonds. The van der Waals surface area contributed by atoms with Crippen LogP contribution in [-0.4, -0.2) is 43.4 Å². The number of anilines is 1. The molecule has 3 rings (SSSR count). The summed E-state index contributed by atoms with van der Waals surface area (Å²) >= 11 is 0. The molecule has 2 aliphatic heterocycles. The molecular formula is C13H19N3O. The third-order valence-corrected chi connectivity index (χ3v) is 3.70. The standard InChI is InChI=1S/C13H19N3O/c1-2-10-3-4-11(7-15-10)16-5-6-17-13-9-14-8-12(13)16/h3-4,7,12-14H,2,5-6,8-9H2,1H3. The molecular weight excluding hydrogens is 214 g/mol. The second-order valence-electron chi connectivity index (χ2n) is 4.69. The molecule has 92 valence electrons. The average Bonchev–Trinajstić information content (AvgIpc) is 2.87. The maximum absolute atomic E-state index is 5.77. The fraction of sp³-hybridized carbons (Fsp3) is 0.615. The van der Waals surface area contributed by atoms with Crippen molar-refractivity contribution in [2.24, 2.45) is 0 Å². The maximum atomic E-state index is 5.77. The predicted molar refractivity (Wildman–Crippen MR) is 67.4 cm³/mol. The third kappa shape index (κ3) is 2.03. The quantitative estimate of drug-likeness (QED) is 0.820. The summed E-state index contributed by atoms with van der Waals surface area (Å²) in [6.07, 6.45) is 3.34. The van der Waals surface area contributed by atoms with E-state index in [1.165, 1.54) is 5.69 Å². The lowest BCUT2D eigenvalue weighted by molar-refractivity contribution is 0.0349. The van der Waals surface area contributed by atoms with E-state index in [0.717, 1.165) is 38.4 Å². The highest BCUT2D eigenvalue weighted by Crippen LogP contribution is 2.24. The summed E-state index contributed by atoms with van der Waals surface area (Å²) in [5, 5.41) is 3.40. The Labute approximate surface area is 102 Å². The number of rotatable bonds is 2. The zero-order chi connectivity index (χ0) is 11.7. The molecule has 1 N–H and O–H groups in total. The number of hydrogen-bond acceptors (Lipinski definition) is 4. The van der Waals surface area contributed by atoms with Crippen molar-refractivity contribution in [3.05, 3.63) is 24.0 Å². The number of hydrogen-bond donors (Lipinski definition) is 1. The summed E-state index contributed by atoms with van der Waals surface area (Å²) in [5.74, 6) is 0. The van der Waals surface area contributed by atoms with Crippen LogP contribution < -0.4 is 10.2 Å². The molecule has 3 heterocycles. The molecule has 0 spiro atoms. The van der Waals surface area contributed by atoms with Crippen LogP contribution in [0.25, 0.3) is 0 Å². The highest BCUT2D eigenvalue weighted by molar-refractivity contribution is 5.47. The van der Waals surface area contributed by atoms with E-state index in [4.69, 9.17) is 4.74 Å². The molecule has 0 aromatic carbocycles. The van der Waals surface area contributed by atoms with Crippen molar-refractivity contribution in [2.45, 2.75) is 25.5 Å². The molecule has 2 atom stereocenters. The van der Waals surface area contributed by atoms with Crippen molar-refractivity contribution in [2.75, 3.05) is 31.1 Å². The van der Waals surface area contributed by atoms with E-state index < -0.39 is 0 Å². The Morgan fingerprint density at radius 1 is 1.47 bits per heavy atom.